The van der Waals surface area contributed by atoms with E-state index in [1.165, 1.54) is 13.2 Å². The smallest absolute Gasteiger partial charge is 0.339 e. The molecule has 5 heteroatoms. The Morgan fingerprint density at radius 3 is 2.88 bits per heavy atom. The molecule has 0 unspecified atom stereocenters. The molecule has 2 rings (SSSR count). The first-order chi connectivity index (χ1) is 7.65. The standard InChI is InChI=1S/C11H8FNO3/c1-16-8-4-2-3-6-9(11(14)15)7(12)5-13-10(6)8/h2-5H,1H3,(H,14,15). The van der Waals surface area contributed by atoms with E-state index in [0.717, 1.165) is 6.20 Å². The normalized spacial score (nSPS) is 10.4. The van der Waals surface area contributed by atoms with Gasteiger partial charge in [0.2, 0.25) is 0 Å². The van der Waals surface area contributed by atoms with E-state index in [9.17, 15) is 9.18 Å². The van der Waals surface area contributed by atoms with Gasteiger partial charge in [0, 0.05) is 5.39 Å². The third-order valence-corrected chi connectivity index (χ3v) is 2.25. The fraction of sp³-hybridized carbons (Fsp3) is 0.0909. The average Bonchev–Trinajstić information content (AvgIpc) is 2.27. The first-order valence-electron chi connectivity index (χ1n) is 4.49. The molecule has 1 aromatic heterocycles. The lowest BCUT2D eigenvalue weighted by atomic mass is 10.1. The number of fused-ring (bicyclic) bond motifs is 1. The Morgan fingerprint density at radius 2 is 2.25 bits per heavy atom. The quantitative estimate of drug-likeness (QED) is 0.843. The molecule has 0 aliphatic heterocycles. The van der Waals surface area contributed by atoms with Gasteiger partial charge in [0.25, 0.3) is 0 Å². The minimum Gasteiger partial charge on any atom is -0.494 e. The van der Waals surface area contributed by atoms with Crippen LogP contribution in [0, 0.1) is 5.82 Å². The summed E-state index contributed by atoms with van der Waals surface area (Å²) in [7, 11) is 1.44. The molecule has 2 aromatic rings. The Balaban J connectivity index is 2.89. The number of aromatic carboxylic acids is 1. The van der Waals surface area contributed by atoms with Gasteiger partial charge >= 0.3 is 5.97 Å². The van der Waals surface area contributed by atoms with Crippen molar-refractivity contribution in [1.29, 1.82) is 0 Å². The Kier molecular flexibility index (Phi) is 2.44. The molecule has 0 aliphatic carbocycles. The first kappa shape index (κ1) is 10.4. The number of methoxy groups -OCH3 is 1. The van der Waals surface area contributed by atoms with Crippen LogP contribution in [-0.4, -0.2) is 23.2 Å². The van der Waals surface area contributed by atoms with Crippen molar-refractivity contribution in [1.82, 2.24) is 4.98 Å². The van der Waals surface area contributed by atoms with Gasteiger partial charge in [-0.2, -0.15) is 0 Å². The molecule has 1 N–H and O–H groups in total. The summed E-state index contributed by atoms with van der Waals surface area (Å²) in [5.74, 6) is -1.76. The maximum Gasteiger partial charge on any atom is 0.339 e. The highest BCUT2D eigenvalue weighted by Gasteiger charge is 2.17. The summed E-state index contributed by atoms with van der Waals surface area (Å²) in [6, 6.07) is 4.73. The summed E-state index contributed by atoms with van der Waals surface area (Å²) in [6.45, 7) is 0. The van der Waals surface area contributed by atoms with Crippen LogP contribution in [0.4, 0.5) is 4.39 Å². The molecule has 0 fully saturated rings. The van der Waals surface area contributed by atoms with Gasteiger partial charge in [0.05, 0.1) is 13.3 Å². The number of benzene rings is 1. The molecule has 0 radical (unpaired) electrons. The fourth-order valence-electron chi connectivity index (χ4n) is 1.55. The van der Waals surface area contributed by atoms with Crippen LogP contribution in [0.5, 0.6) is 5.75 Å². The van der Waals surface area contributed by atoms with Gasteiger partial charge in [-0.25, -0.2) is 14.2 Å². The van der Waals surface area contributed by atoms with E-state index in [2.05, 4.69) is 4.98 Å². The van der Waals surface area contributed by atoms with E-state index < -0.39 is 11.8 Å². The minimum absolute atomic E-state index is 0.229. The van der Waals surface area contributed by atoms with E-state index in [1.54, 1.807) is 12.1 Å². The van der Waals surface area contributed by atoms with Crippen molar-refractivity contribution in [3.8, 4) is 5.75 Å². The molecular formula is C11H8FNO3. The van der Waals surface area contributed by atoms with Crippen LogP contribution in [-0.2, 0) is 0 Å². The van der Waals surface area contributed by atoms with Crippen molar-refractivity contribution in [3.63, 3.8) is 0 Å². The van der Waals surface area contributed by atoms with Crippen molar-refractivity contribution in [2.75, 3.05) is 7.11 Å². The number of nitrogens with zero attached hydrogens (tertiary/aromatic N) is 1. The van der Waals surface area contributed by atoms with Crippen LogP contribution in [0.3, 0.4) is 0 Å². The third-order valence-electron chi connectivity index (χ3n) is 2.25. The molecule has 0 spiro atoms. The van der Waals surface area contributed by atoms with Crippen LogP contribution in [0.2, 0.25) is 0 Å². The number of carbonyl (C=O) groups is 1. The van der Waals surface area contributed by atoms with E-state index in [-0.39, 0.29) is 10.9 Å². The van der Waals surface area contributed by atoms with Gasteiger partial charge in [-0.05, 0) is 6.07 Å². The molecule has 16 heavy (non-hydrogen) atoms. The molecule has 0 amide bonds. The number of pyridine rings is 1. The van der Waals surface area contributed by atoms with Crippen molar-refractivity contribution in [2.45, 2.75) is 0 Å². The van der Waals surface area contributed by atoms with Gasteiger partial charge in [-0.15, -0.1) is 0 Å². The van der Waals surface area contributed by atoms with Crippen molar-refractivity contribution >= 4 is 16.9 Å². The van der Waals surface area contributed by atoms with Gasteiger partial charge in [-0.3, -0.25) is 0 Å². The molecule has 1 heterocycles. The van der Waals surface area contributed by atoms with E-state index in [1.807, 2.05) is 0 Å². The number of hydrogen-bond acceptors (Lipinski definition) is 3. The first-order valence-corrected chi connectivity index (χ1v) is 4.49. The summed E-state index contributed by atoms with van der Waals surface area (Å²) in [4.78, 5) is 14.8. The molecular weight excluding hydrogens is 213 g/mol. The third kappa shape index (κ3) is 1.46. The van der Waals surface area contributed by atoms with Gasteiger partial charge in [0.1, 0.15) is 16.8 Å². The number of hydrogen-bond donors (Lipinski definition) is 1. The van der Waals surface area contributed by atoms with E-state index in [0.29, 0.717) is 11.3 Å². The van der Waals surface area contributed by atoms with Crippen LogP contribution in [0.1, 0.15) is 10.4 Å². The number of ether oxygens (including phenoxy) is 1. The Hall–Kier alpha value is -2.17. The van der Waals surface area contributed by atoms with Crippen LogP contribution in [0.15, 0.2) is 24.4 Å². The number of carboxylic acid groups (broad SMARTS) is 1. The topological polar surface area (TPSA) is 59.4 Å². The van der Waals surface area contributed by atoms with Crippen molar-refractivity contribution in [2.24, 2.45) is 0 Å². The maximum atomic E-state index is 13.3. The minimum atomic E-state index is -1.32. The van der Waals surface area contributed by atoms with Gasteiger partial charge < -0.3 is 9.84 Å². The summed E-state index contributed by atoms with van der Waals surface area (Å²) >= 11 is 0. The second kappa shape index (κ2) is 3.77. The second-order valence-electron chi connectivity index (χ2n) is 3.14. The Labute approximate surface area is 90.3 Å². The molecule has 0 aliphatic rings. The number of halogens is 1. The molecule has 0 saturated heterocycles. The highest BCUT2D eigenvalue weighted by molar-refractivity contribution is 6.04. The van der Waals surface area contributed by atoms with Crippen LogP contribution < -0.4 is 4.74 Å². The van der Waals surface area contributed by atoms with Crippen molar-refractivity contribution < 1.29 is 19.0 Å². The molecule has 0 bridgehead atoms. The summed E-state index contributed by atoms with van der Waals surface area (Å²) in [6.07, 6.45) is 0.883. The lowest BCUT2D eigenvalue weighted by molar-refractivity contribution is 0.0694. The Morgan fingerprint density at radius 1 is 1.50 bits per heavy atom. The predicted octanol–water partition coefficient (Wildman–Crippen LogP) is 2.08. The molecule has 0 atom stereocenters. The SMILES string of the molecule is COc1cccc2c(C(=O)O)c(F)cnc12. The summed E-state index contributed by atoms with van der Waals surface area (Å²) in [5, 5.41) is 9.15. The maximum absolute atomic E-state index is 13.3. The zero-order valence-electron chi connectivity index (χ0n) is 8.40. The van der Waals surface area contributed by atoms with E-state index >= 15 is 0 Å². The molecule has 4 nitrogen and oxygen atoms in total. The summed E-state index contributed by atoms with van der Waals surface area (Å²) in [5.41, 5.74) is -0.0484. The van der Waals surface area contributed by atoms with Crippen LogP contribution in [0.25, 0.3) is 10.9 Å². The van der Waals surface area contributed by atoms with E-state index in [4.69, 9.17) is 9.84 Å². The number of aromatic nitrogens is 1. The predicted molar refractivity (Wildman–Crippen MR) is 55.2 cm³/mol. The fourth-order valence-corrected chi connectivity index (χ4v) is 1.55. The monoisotopic (exact) mass is 221 g/mol. The highest BCUT2D eigenvalue weighted by Crippen LogP contribution is 2.27. The second-order valence-corrected chi connectivity index (χ2v) is 3.14. The lowest BCUT2D eigenvalue weighted by Crippen LogP contribution is -2.03. The number of rotatable bonds is 2. The highest BCUT2D eigenvalue weighted by atomic mass is 19.1. The summed E-state index contributed by atoms with van der Waals surface area (Å²) < 4.78 is 18.3. The molecule has 82 valence electrons. The number of carboxylic acids is 1. The van der Waals surface area contributed by atoms with Gasteiger partial charge in [0.15, 0.2) is 5.82 Å². The molecule has 0 saturated carbocycles. The lowest BCUT2D eigenvalue weighted by Gasteiger charge is -2.06. The number of para-hydroxylation sites is 1. The zero-order valence-corrected chi connectivity index (χ0v) is 8.40. The largest absolute Gasteiger partial charge is 0.494 e. The van der Waals surface area contributed by atoms with Crippen LogP contribution >= 0.6 is 0 Å². The average molecular weight is 221 g/mol. The Bertz CT molecular complexity index is 568. The van der Waals surface area contributed by atoms with Gasteiger partial charge in [-0.1, -0.05) is 12.1 Å². The zero-order chi connectivity index (χ0) is 11.7. The van der Waals surface area contributed by atoms with Crippen molar-refractivity contribution in [3.05, 3.63) is 35.8 Å². The molecule has 1 aromatic carbocycles.